The molecule has 0 spiro atoms. The first-order valence-corrected chi connectivity index (χ1v) is 14.7. The van der Waals surface area contributed by atoms with Crippen LogP contribution in [0.25, 0.3) is 6.08 Å². The van der Waals surface area contributed by atoms with Crippen molar-refractivity contribution in [2.24, 2.45) is 4.99 Å². The van der Waals surface area contributed by atoms with E-state index in [9.17, 15) is 0 Å². The zero-order chi connectivity index (χ0) is 27.6. The Labute approximate surface area is 230 Å². The van der Waals surface area contributed by atoms with Gasteiger partial charge in [0.05, 0.1) is 5.71 Å². The number of benzene rings is 1. The van der Waals surface area contributed by atoms with E-state index in [0.29, 0.717) is 0 Å². The molecule has 4 nitrogen and oxygen atoms in total. The summed E-state index contributed by atoms with van der Waals surface area (Å²) in [5.41, 5.74) is 3.55. The molecule has 37 heavy (non-hydrogen) atoms. The van der Waals surface area contributed by atoms with Crippen molar-refractivity contribution in [2.75, 3.05) is 53.4 Å². The lowest BCUT2D eigenvalue weighted by Gasteiger charge is -2.19. The molecule has 210 valence electrons. The summed E-state index contributed by atoms with van der Waals surface area (Å²) in [6.45, 7) is 18.1. The van der Waals surface area contributed by atoms with E-state index in [1.54, 1.807) is 0 Å². The standard InChI is InChI=1S/C15H19N.C12H25N.C6H14N2/c1-4-14(5-2)15(16-3)12-11-13-9-7-6-8-10-13;1-4-7-9-12-13(10-6-3)11-8-5-2;1-8-5-2-3-7-4-6-8/h4,6-12H,5H2,1-3H3;6,10H,4-5,7-9,11-12H2,1-3H3;7H,2-6H2,1H3/b12-11+,14-4+,16-15?;10-6+;. The van der Waals surface area contributed by atoms with Crippen LogP contribution in [0.5, 0.6) is 0 Å². The molecule has 0 unspecified atom stereocenters. The van der Waals surface area contributed by atoms with Crippen molar-refractivity contribution in [1.82, 2.24) is 15.1 Å². The fourth-order valence-electron chi connectivity index (χ4n) is 3.98. The fraction of sp³-hybridized carbons (Fsp3) is 0.606. The molecule has 0 aliphatic carbocycles. The van der Waals surface area contributed by atoms with E-state index in [4.69, 9.17) is 0 Å². The second-order valence-electron chi connectivity index (χ2n) is 9.51. The van der Waals surface area contributed by atoms with Gasteiger partial charge in [0.2, 0.25) is 0 Å². The first kappa shape index (κ1) is 34.8. The summed E-state index contributed by atoms with van der Waals surface area (Å²) >= 11 is 0. The summed E-state index contributed by atoms with van der Waals surface area (Å²) < 4.78 is 0. The van der Waals surface area contributed by atoms with Gasteiger partial charge in [0.1, 0.15) is 0 Å². The lowest BCUT2D eigenvalue weighted by atomic mass is 10.1. The number of allylic oxidation sites excluding steroid dienone is 4. The molecule has 0 atom stereocenters. The zero-order valence-corrected chi connectivity index (χ0v) is 25.3. The molecule has 1 saturated heterocycles. The third-order valence-electron chi connectivity index (χ3n) is 6.30. The summed E-state index contributed by atoms with van der Waals surface area (Å²) in [6, 6.07) is 10.3. The first-order chi connectivity index (χ1) is 18.1. The van der Waals surface area contributed by atoms with Crippen molar-refractivity contribution in [3.8, 4) is 0 Å². The number of hydrogen-bond donors (Lipinski definition) is 1. The second kappa shape index (κ2) is 25.5. The highest BCUT2D eigenvalue weighted by Gasteiger charge is 2.01. The SMILES string of the molecule is C/C=C(\CC)C(/C=C/c1ccccc1)=NC.C/C=C/N(CCCC)CCCCC.CN1CCCNCC1. The molecular formula is C33H58N4. The van der Waals surface area contributed by atoms with Crippen molar-refractivity contribution in [3.05, 3.63) is 65.9 Å². The number of nitrogens with one attached hydrogen (secondary N) is 1. The van der Waals surface area contributed by atoms with Crippen molar-refractivity contribution in [1.29, 1.82) is 0 Å². The predicted octanol–water partition coefficient (Wildman–Crippen LogP) is 7.85. The maximum Gasteiger partial charge on any atom is 0.0599 e. The summed E-state index contributed by atoms with van der Waals surface area (Å²) in [5.74, 6) is 0. The van der Waals surface area contributed by atoms with Gasteiger partial charge in [-0.3, -0.25) is 4.99 Å². The highest BCUT2D eigenvalue weighted by Crippen LogP contribution is 2.08. The predicted molar refractivity (Wildman–Crippen MR) is 169 cm³/mol. The minimum atomic E-state index is 1.02. The Morgan fingerprint density at radius 1 is 0.973 bits per heavy atom. The van der Waals surface area contributed by atoms with E-state index in [1.807, 2.05) is 25.2 Å². The quantitative estimate of drug-likeness (QED) is 0.229. The topological polar surface area (TPSA) is 30.9 Å². The third-order valence-corrected chi connectivity index (χ3v) is 6.30. The summed E-state index contributed by atoms with van der Waals surface area (Å²) in [5, 5.41) is 3.34. The van der Waals surface area contributed by atoms with E-state index < -0.39 is 0 Å². The van der Waals surface area contributed by atoms with Crippen LogP contribution in [-0.4, -0.2) is 68.9 Å². The van der Waals surface area contributed by atoms with Gasteiger partial charge >= 0.3 is 0 Å². The number of aliphatic imine (C=N–C) groups is 1. The van der Waals surface area contributed by atoms with Crippen molar-refractivity contribution < 1.29 is 0 Å². The Kier molecular flexibility index (Phi) is 24.0. The van der Waals surface area contributed by atoms with Gasteiger partial charge in [-0.05, 0) is 83.1 Å². The van der Waals surface area contributed by atoms with E-state index >= 15 is 0 Å². The van der Waals surface area contributed by atoms with E-state index in [1.165, 1.54) is 82.4 Å². The lowest BCUT2D eigenvalue weighted by molar-refractivity contribution is 0.356. The summed E-state index contributed by atoms with van der Waals surface area (Å²) in [6.07, 6.45) is 19.6. The van der Waals surface area contributed by atoms with Gasteiger partial charge in [0.15, 0.2) is 0 Å². The van der Waals surface area contributed by atoms with Gasteiger partial charge in [0, 0.05) is 33.2 Å². The third kappa shape index (κ3) is 19.6. The molecule has 1 heterocycles. The molecule has 0 bridgehead atoms. The van der Waals surface area contributed by atoms with Crippen LogP contribution in [0.2, 0.25) is 0 Å². The number of likely N-dealkylation sites (N-methyl/N-ethyl adjacent to an activating group) is 1. The van der Waals surface area contributed by atoms with Crippen LogP contribution in [-0.2, 0) is 0 Å². The van der Waals surface area contributed by atoms with Crippen molar-refractivity contribution >= 4 is 11.8 Å². The van der Waals surface area contributed by atoms with Crippen LogP contribution in [0, 0.1) is 0 Å². The van der Waals surface area contributed by atoms with Gasteiger partial charge in [-0.1, -0.05) is 88.6 Å². The summed E-state index contributed by atoms with van der Waals surface area (Å²) in [4.78, 5) is 9.11. The monoisotopic (exact) mass is 510 g/mol. The molecule has 1 aromatic rings. The fourth-order valence-corrected chi connectivity index (χ4v) is 3.98. The minimum absolute atomic E-state index is 1.02. The molecule has 0 saturated carbocycles. The van der Waals surface area contributed by atoms with E-state index in [-0.39, 0.29) is 0 Å². The molecule has 1 N–H and O–H groups in total. The van der Waals surface area contributed by atoms with Crippen molar-refractivity contribution in [3.63, 3.8) is 0 Å². The van der Waals surface area contributed by atoms with Crippen LogP contribution in [0.3, 0.4) is 0 Å². The van der Waals surface area contributed by atoms with Crippen LogP contribution in [0.15, 0.2) is 65.3 Å². The Balaban J connectivity index is 0.000000554. The van der Waals surface area contributed by atoms with Gasteiger partial charge in [0.25, 0.3) is 0 Å². The Bertz CT molecular complexity index is 741. The highest BCUT2D eigenvalue weighted by molar-refractivity contribution is 6.10. The van der Waals surface area contributed by atoms with Gasteiger partial charge in [-0.2, -0.15) is 0 Å². The molecule has 0 radical (unpaired) electrons. The minimum Gasteiger partial charge on any atom is -0.378 e. The Morgan fingerprint density at radius 3 is 2.27 bits per heavy atom. The Morgan fingerprint density at radius 2 is 1.68 bits per heavy atom. The Hall–Kier alpha value is -2.17. The second-order valence-corrected chi connectivity index (χ2v) is 9.51. The number of rotatable bonds is 12. The van der Waals surface area contributed by atoms with Crippen LogP contribution in [0.1, 0.15) is 85.1 Å². The molecular weight excluding hydrogens is 452 g/mol. The van der Waals surface area contributed by atoms with Crippen molar-refractivity contribution in [2.45, 2.75) is 79.6 Å². The average Bonchev–Trinajstić information content (AvgIpc) is 3.18. The lowest BCUT2D eigenvalue weighted by Crippen LogP contribution is -2.23. The van der Waals surface area contributed by atoms with Gasteiger partial charge < -0.3 is 15.1 Å². The largest absolute Gasteiger partial charge is 0.378 e. The zero-order valence-electron chi connectivity index (χ0n) is 25.3. The molecule has 4 heteroatoms. The normalized spacial score (nSPS) is 15.1. The molecule has 0 aromatic heterocycles. The molecule has 1 aliphatic heterocycles. The molecule has 1 fully saturated rings. The number of hydrogen-bond acceptors (Lipinski definition) is 4. The average molecular weight is 511 g/mol. The summed E-state index contributed by atoms with van der Waals surface area (Å²) in [7, 11) is 4.01. The van der Waals surface area contributed by atoms with Crippen LogP contribution >= 0.6 is 0 Å². The van der Waals surface area contributed by atoms with Gasteiger partial charge in [-0.25, -0.2) is 0 Å². The van der Waals surface area contributed by atoms with E-state index in [0.717, 1.165) is 18.7 Å². The maximum atomic E-state index is 4.31. The van der Waals surface area contributed by atoms with Gasteiger partial charge in [-0.15, -0.1) is 0 Å². The molecule has 1 aliphatic rings. The maximum absolute atomic E-state index is 4.31. The number of unbranched alkanes of at least 4 members (excludes halogenated alkanes) is 3. The molecule has 0 amide bonds. The molecule has 1 aromatic carbocycles. The number of nitrogens with zero attached hydrogens (tertiary/aromatic N) is 3. The smallest absolute Gasteiger partial charge is 0.0599 e. The molecule has 2 rings (SSSR count). The van der Waals surface area contributed by atoms with E-state index in [2.05, 4.69) is 104 Å². The van der Waals surface area contributed by atoms with Crippen LogP contribution < -0.4 is 5.32 Å². The highest BCUT2D eigenvalue weighted by atomic mass is 15.1. The van der Waals surface area contributed by atoms with Crippen LogP contribution in [0.4, 0.5) is 0 Å². The first-order valence-electron chi connectivity index (χ1n) is 14.7.